The van der Waals surface area contributed by atoms with Gasteiger partial charge < -0.3 is 5.11 Å². The van der Waals surface area contributed by atoms with Crippen LogP contribution in [0.25, 0.3) is 0 Å². The molecule has 0 amide bonds. The summed E-state index contributed by atoms with van der Waals surface area (Å²) >= 11 is 0. The van der Waals surface area contributed by atoms with E-state index in [1.165, 1.54) is 24.3 Å². The third-order valence-corrected chi connectivity index (χ3v) is 6.57. The maximum Gasteiger partial charge on any atom is 0.185 e. The Labute approximate surface area is 159 Å². The lowest BCUT2D eigenvalue weighted by Gasteiger charge is -2.18. The normalized spacial score (nSPS) is 12.5. The van der Waals surface area contributed by atoms with E-state index in [1.54, 1.807) is 54.6 Å². The highest BCUT2D eigenvalue weighted by Crippen LogP contribution is 2.33. The Kier molecular flexibility index (Phi) is 5.42. The van der Waals surface area contributed by atoms with Crippen molar-refractivity contribution in [3.8, 4) is 5.75 Å². The fourth-order valence-corrected chi connectivity index (χ4v) is 4.63. The number of phenolic OH excluding ortho intramolecular Hbond substituents is 1. The Morgan fingerprint density at radius 2 is 1.48 bits per heavy atom. The number of carbonyl (C=O) groups excluding carboxylic acids is 1. The summed E-state index contributed by atoms with van der Waals surface area (Å²) in [5, 5.41) is 8.41. The lowest BCUT2D eigenvalue weighted by molar-refractivity contribution is 0.0980. The number of rotatable bonds is 6. The number of hydrogen-bond acceptors (Lipinski definition) is 4. The Morgan fingerprint density at radius 1 is 0.889 bits per heavy atom. The second-order valence-corrected chi connectivity index (χ2v) is 8.56. The van der Waals surface area contributed by atoms with Crippen molar-refractivity contribution in [2.45, 2.75) is 23.5 Å². The highest BCUT2D eigenvalue weighted by atomic mass is 32.2. The first-order valence-electron chi connectivity index (χ1n) is 8.55. The van der Waals surface area contributed by atoms with Crippen molar-refractivity contribution in [1.82, 2.24) is 0 Å². The van der Waals surface area contributed by atoms with Crippen molar-refractivity contribution < 1.29 is 18.3 Å². The number of sulfone groups is 1. The third-order valence-electron chi connectivity index (χ3n) is 4.46. The molecular formula is C22H20O4S. The fourth-order valence-electron chi connectivity index (χ4n) is 2.90. The topological polar surface area (TPSA) is 71.4 Å². The third kappa shape index (κ3) is 4.26. The van der Waals surface area contributed by atoms with E-state index >= 15 is 0 Å². The van der Waals surface area contributed by atoms with Crippen LogP contribution in [0.1, 0.15) is 33.2 Å². The molecule has 0 radical (unpaired) electrons. The van der Waals surface area contributed by atoms with Gasteiger partial charge in [0.15, 0.2) is 15.6 Å². The quantitative estimate of drug-likeness (QED) is 0.640. The molecule has 1 unspecified atom stereocenters. The standard InChI is InChI=1S/C22H20O4S/c1-16-7-13-20(14-8-16)27(25,26)22(18-5-3-2-4-6-18)15-21(24)17-9-11-19(23)12-10-17/h2-14,22-23H,15H2,1H3. The monoisotopic (exact) mass is 380 g/mol. The molecule has 3 aromatic carbocycles. The SMILES string of the molecule is Cc1ccc(S(=O)(=O)C(CC(=O)c2ccc(O)cc2)c2ccccc2)cc1. The van der Waals surface area contributed by atoms with Crippen LogP contribution in [0.15, 0.2) is 83.8 Å². The summed E-state index contributed by atoms with van der Waals surface area (Å²) in [6.07, 6.45) is -0.176. The molecule has 0 aliphatic rings. The van der Waals surface area contributed by atoms with E-state index in [1.807, 2.05) is 6.92 Å². The van der Waals surface area contributed by atoms with Crippen molar-refractivity contribution in [1.29, 1.82) is 0 Å². The molecule has 0 aliphatic carbocycles. The van der Waals surface area contributed by atoms with E-state index < -0.39 is 15.1 Å². The lowest BCUT2D eigenvalue weighted by atomic mass is 10.0. The van der Waals surface area contributed by atoms with Gasteiger partial charge in [0.05, 0.1) is 10.1 Å². The highest BCUT2D eigenvalue weighted by Gasteiger charge is 2.31. The number of ketones is 1. The molecule has 0 saturated heterocycles. The molecule has 0 aromatic heterocycles. The zero-order valence-electron chi connectivity index (χ0n) is 14.9. The molecule has 0 spiro atoms. The van der Waals surface area contributed by atoms with Gasteiger partial charge in [0, 0.05) is 12.0 Å². The van der Waals surface area contributed by atoms with Gasteiger partial charge in [-0.3, -0.25) is 4.79 Å². The van der Waals surface area contributed by atoms with E-state index in [-0.39, 0.29) is 22.8 Å². The van der Waals surface area contributed by atoms with Crippen LogP contribution in [0.4, 0.5) is 0 Å². The van der Waals surface area contributed by atoms with Crippen LogP contribution in [0.2, 0.25) is 0 Å². The molecule has 4 nitrogen and oxygen atoms in total. The Bertz CT molecular complexity index is 1020. The predicted octanol–water partition coefficient (Wildman–Crippen LogP) is 4.49. The minimum atomic E-state index is -3.75. The van der Waals surface area contributed by atoms with Crippen LogP contribution in [0.5, 0.6) is 5.75 Å². The van der Waals surface area contributed by atoms with E-state index in [0.29, 0.717) is 11.1 Å². The molecule has 3 aromatic rings. The van der Waals surface area contributed by atoms with Crippen LogP contribution >= 0.6 is 0 Å². The number of hydrogen-bond donors (Lipinski definition) is 1. The summed E-state index contributed by atoms with van der Waals surface area (Å²) < 4.78 is 26.5. The van der Waals surface area contributed by atoms with Gasteiger partial charge in [0.1, 0.15) is 5.75 Å². The molecule has 0 aliphatic heterocycles. The molecular weight excluding hydrogens is 360 g/mol. The summed E-state index contributed by atoms with van der Waals surface area (Å²) in [6, 6.07) is 21.2. The van der Waals surface area contributed by atoms with E-state index in [0.717, 1.165) is 5.56 Å². The van der Waals surface area contributed by atoms with E-state index in [2.05, 4.69) is 0 Å². The number of benzene rings is 3. The van der Waals surface area contributed by atoms with Crippen molar-refractivity contribution >= 4 is 15.6 Å². The number of phenols is 1. The van der Waals surface area contributed by atoms with Crippen LogP contribution in [0, 0.1) is 6.92 Å². The average Bonchev–Trinajstić information content (AvgIpc) is 2.67. The summed E-state index contributed by atoms with van der Waals surface area (Å²) in [5.74, 6) is -0.238. The minimum absolute atomic E-state index is 0.0541. The maximum atomic E-state index is 13.3. The van der Waals surface area contributed by atoms with Gasteiger partial charge in [-0.2, -0.15) is 0 Å². The minimum Gasteiger partial charge on any atom is -0.508 e. The zero-order chi connectivity index (χ0) is 19.4. The van der Waals surface area contributed by atoms with Crippen molar-refractivity contribution in [3.05, 3.63) is 95.6 Å². The molecule has 1 N–H and O–H groups in total. The summed E-state index contributed by atoms with van der Waals surface area (Å²) in [7, 11) is -3.75. The van der Waals surface area contributed by atoms with Crippen molar-refractivity contribution in [2.24, 2.45) is 0 Å². The Morgan fingerprint density at radius 3 is 2.07 bits per heavy atom. The van der Waals surface area contributed by atoms with Gasteiger partial charge in [-0.1, -0.05) is 48.0 Å². The van der Waals surface area contributed by atoms with Gasteiger partial charge in [0.2, 0.25) is 0 Å². The number of Topliss-reactive ketones (excluding diaryl/α,β-unsaturated/α-hetero) is 1. The Balaban J connectivity index is 2.00. The van der Waals surface area contributed by atoms with Crippen LogP contribution in [-0.4, -0.2) is 19.3 Å². The van der Waals surface area contributed by atoms with Crippen LogP contribution in [-0.2, 0) is 9.84 Å². The molecule has 5 heteroatoms. The van der Waals surface area contributed by atoms with E-state index in [4.69, 9.17) is 0 Å². The first-order valence-corrected chi connectivity index (χ1v) is 10.1. The summed E-state index contributed by atoms with van der Waals surface area (Å²) in [5.41, 5.74) is 1.91. The van der Waals surface area contributed by atoms with Gasteiger partial charge >= 0.3 is 0 Å². The first-order chi connectivity index (χ1) is 12.9. The lowest BCUT2D eigenvalue weighted by Crippen LogP contribution is -2.18. The average molecular weight is 380 g/mol. The molecule has 138 valence electrons. The Hall–Kier alpha value is -2.92. The van der Waals surface area contributed by atoms with Gasteiger partial charge in [-0.15, -0.1) is 0 Å². The second-order valence-electron chi connectivity index (χ2n) is 6.43. The number of aryl methyl sites for hydroxylation is 1. The number of carbonyl (C=O) groups is 1. The van der Waals surface area contributed by atoms with E-state index in [9.17, 15) is 18.3 Å². The van der Waals surface area contributed by atoms with Crippen LogP contribution in [0.3, 0.4) is 0 Å². The molecule has 3 rings (SSSR count). The molecule has 1 atom stereocenters. The highest BCUT2D eigenvalue weighted by molar-refractivity contribution is 7.91. The van der Waals surface area contributed by atoms with Gasteiger partial charge in [-0.25, -0.2) is 8.42 Å². The molecule has 0 saturated carbocycles. The van der Waals surface area contributed by atoms with Crippen molar-refractivity contribution in [2.75, 3.05) is 0 Å². The van der Waals surface area contributed by atoms with Crippen molar-refractivity contribution in [3.63, 3.8) is 0 Å². The summed E-state index contributed by atoms with van der Waals surface area (Å²) in [4.78, 5) is 12.9. The fraction of sp³-hybridized carbons (Fsp3) is 0.136. The van der Waals surface area contributed by atoms with Gasteiger partial charge in [0.25, 0.3) is 0 Å². The smallest absolute Gasteiger partial charge is 0.185 e. The maximum absolute atomic E-state index is 13.3. The number of aromatic hydroxyl groups is 1. The van der Waals surface area contributed by atoms with Gasteiger partial charge in [-0.05, 0) is 48.9 Å². The molecule has 0 bridgehead atoms. The first kappa shape index (κ1) is 18.9. The molecule has 27 heavy (non-hydrogen) atoms. The van der Waals surface area contributed by atoms with Crippen LogP contribution < -0.4 is 0 Å². The second kappa shape index (κ2) is 7.76. The zero-order valence-corrected chi connectivity index (χ0v) is 15.7. The summed E-state index contributed by atoms with van der Waals surface area (Å²) in [6.45, 7) is 1.89. The molecule has 0 heterocycles. The molecule has 0 fully saturated rings. The largest absolute Gasteiger partial charge is 0.508 e. The predicted molar refractivity (Wildman–Crippen MR) is 105 cm³/mol.